The molecule has 0 fully saturated rings. The maximum absolute atomic E-state index is 11.1. The van der Waals surface area contributed by atoms with Gasteiger partial charge in [-0.2, -0.15) is 0 Å². The highest BCUT2D eigenvalue weighted by molar-refractivity contribution is 6.13. The zero-order valence-electron chi connectivity index (χ0n) is 9.08. The normalized spacial score (nSPS) is 9.47. The third-order valence-corrected chi connectivity index (χ3v) is 1.43. The Bertz CT molecular complexity index is 234. The molecule has 0 saturated carbocycles. The first kappa shape index (κ1) is 13.6. The van der Waals surface area contributed by atoms with Crippen LogP contribution in [0.1, 0.15) is 13.8 Å². The van der Waals surface area contributed by atoms with Gasteiger partial charge in [-0.3, -0.25) is 0 Å². The van der Waals surface area contributed by atoms with Gasteiger partial charge in [0.15, 0.2) is 0 Å². The topological polar surface area (TPSA) is 61.8 Å². The third-order valence-electron chi connectivity index (χ3n) is 1.43. The number of esters is 2. The second-order valence-corrected chi connectivity index (χ2v) is 2.53. The first-order valence-electron chi connectivity index (χ1n) is 4.74. The Morgan fingerprint density at radius 1 is 1.00 bits per heavy atom. The van der Waals surface area contributed by atoms with Gasteiger partial charge in [-0.1, -0.05) is 6.58 Å². The molecule has 0 atom stereocenters. The molecule has 86 valence electrons. The van der Waals surface area contributed by atoms with Crippen LogP contribution in [0, 0.1) is 0 Å². The fraction of sp³-hybridized carbons (Fsp3) is 0.600. The molecule has 0 unspecified atom stereocenters. The second kappa shape index (κ2) is 7.99. The van der Waals surface area contributed by atoms with Crippen molar-refractivity contribution >= 4 is 11.9 Å². The van der Waals surface area contributed by atoms with Gasteiger partial charge in [-0.25, -0.2) is 9.59 Å². The Balaban J connectivity index is 3.79. The molecule has 0 heterocycles. The molecule has 0 spiro atoms. The third kappa shape index (κ3) is 5.85. The molecule has 0 aliphatic rings. The molecular formula is C10H16O5. The molecule has 0 aromatic carbocycles. The zero-order chi connectivity index (χ0) is 11.7. The predicted molar refractivity (Wildman–Crippen MR) is 53.2 cm³/mol. The summed E-state index contributed by atoms with van der Waals surface area (Å²) in [4.78, 5) is 22.2. The molecule has 0 amide bonds. The van der Waals surface area contributed by atoms with Crippen molar-refractivity contribution in [2.24, 2.45) is 0 Å². The first-order valence-corrected chi connectivity index (χ1v) is 4.74. The van der Waals surface area contributed by atoms with Crippen molar-refractivity contribution in [2.75, 3.05) is 26.4 Å². The minimum Gasteiger partial charge on any atom is -0.462 e. The summed E-state index contributed by atoms with van der Waals surface area (Å²) >= 11 is 0. The molecular weight excluding hydrogens is 200 g/mol. The van der Waals surface area contributed by atoms with Gasteiger partial charge < -0.3 is 14.2 Å². The highest BCUT2D eigenvalue weighted by Crippen LogP contribution is 1.98. The summed E-state index contributed by atoms with van der Waals surface area (Å²) in [6.07, 6.45) is 0. The van der Waals surface area contributed by atoms with E-state index in [1.165, 1.54) is 0 Å². The number of carbonyl (C=O) groups is 2. The largest absolute Gasteiger partial charge is 0.462 e. The van der Waals surface area contributed by atoms with Crippen LogP contribution >= 0.6 is 0 Å². The number of hydrogen-bond donors (Lipinski definition) is 0. The van der Waals surface area contributed by atoms with Gasteiger partial charge >= 0.3 is 11.9 Å². The lowest BCUT2D eigenvalue weighted by Gasteiger charge is -2.06. The Kier molecular flexibility index (Phi) is 7.27. The lowest BCUT2D eigenvalue weighted by atomic mass is 10.3. The monoisotopic (exact) mass is 216 g/mol. The van der Waals surface area contributed by atoms with Gasteiger partial charge in [0.1, 0.15) is 12.2 Å². The van der Waals surface area contributed by atoms with E-state index in [1.54, 1.807) is 6.92 Å². The molecule has 0 aromatic heterocycles. The zero-order valence-corrected chi connectivity index (χ0v) is 9.08. The Hall–Kier alpha value is -1.36. The van der Waals surface area contributed by atoms with E-state index in [0.29, 0.717) is 13.2 Å². The quantitative estimate of drug-likeness (QED) is 0.206. The molecule has 15 heavy (non-hydrogen) atoms. The molecule has 0 radical (unpaired) electrons. The summed E-state index contributed by atoms with van der Waals surface area (Å²) in [7, 11) is 0. The Labute approximate surface area is 89.0 Å². The lowest BCUT2D eigenvalue weighted by Crippen LogP contribution is -2.19. The van der Waals surface area contributed by atoms with E-state index in [2.05, 4.69) is 11.3 Å². The van der Waals surface area contributed by atoms with Crippen molar-refractivity contribution in [3.63, 3.8) is 0 Å². The highest BCUT2D eigenvalue weighted by Gasteiger charge is 2.17. The van der Waals surface area contributed by atoms with Gasteiger partial charge in [-0.05, 0) is 13.8 Å². The molecule has 0 N–H and O–H groups in total. The highest BCUT2D eigenvalue weighted by atomic mass is 16.6. The van der Waals surface area contributed by atoms with Crippen molar-refractivity contribution in [2.45, 2.75) is 13.8 Å². The molecule has 0 saturated heterocycles. The molecule has 5 nitrogen and oxygen atoms in total. The number of hydrogen-bond acceptors (Lipinski definition) is 5. The lowest BCUT2D eigenvalue weighted by molar-refractivity contribution is -0.147. The van der Waals surface area contributed by atoms with E-state index in [-0.39, 0.29) is 18.8 Å². The van der Waals surface area contributed by atoms with E-state index >= 15 is 0 Å². The summed E-state index contributed by atoms with van der Waals surface area (Å²) in [5.74, 6) is -1.52. The molecule has 0 aromatic rings. The van der Waals surface area contributed by atoms with Crippen LogP contribution in [0.15, 0.2) is 12.2 Å². The van der Waals surface area contributed by atoms with E-state index in [1.807, 2.05) is 6.92 Å². The van der Waals surface area contributed by atoms with Crippen LogP contribution in [0.2, 0.25) is 0 Å². The summed E-state index contributed by atoms with van der Waals surface area (Å²) in [6, 6.07) is 0. The fourth-order valence-electron chi connectivity index (χ4n) is 0.726. The number of carbonyl (C=O) groups excluding carboxylic acids is 2. The SMILES string of the molecule is C=C(C(=O)OCC)C(=O)OCCOCC. The van der Waals surface area contributed by atoms with Crippen LogP contribution in [-0.4, -0.2) is 38.4 Å². The van der Waals surface area contributed by atoms with Crippen molar-refractivity contribution in [1.82, 2.24) is 0 Å². The van der Waals surface area contributed by atoms with Crippen molar-refractivity contribution < 1.29 is 23.8 Å². The predicted octanol–water partition coefficient (Wildman–Crippen LogP) is 0.685. The van der Waals surface area contributed by atoms with Crippen LogP contribution in [0.3, 0.4) is 0 Å². The number of rotatable bonds is 7. The van der Waals surface area contributed by atoms with Crippen molar-refractivity contribution in [3.05, 3.63) is 12.2 Å². The standard InChI is InChI=1S/C10H16O5/c1-4-13-6-7-15-10(12)8(3)9(11)14-5-2/h3-7H2,1-2H3. The Morgan fingerprint density at radius 3 is 2.13 bits per heavy atom. The number of ether oxygens (including phenoxy) is 3. The Morgan fingerprint density at radius 2 is 1.60 bits per heavy atom. The average molecular weight is 216 g/mol. The van der Waals surface area contributed by atoms with Gasteiger partial charge in [0, 0.05) is 6.61 Å². The minimum absolute atomic E-state index is 0.102. The first-order chi connectivity index (χ1) is 7.13. The molecule has 5 heteroatoms. The fourth-order valence-corrected chi connectivity index (χ4v) is 0.726. The van der Waals surface area contributed by atoms with E-state index < -0.39 is 11.9 Å². The minimum atomic E-state index is -0.770. The van der Waals surface area contributed by atoms with Gasteiger partial charge in [0.05, 0.1) is 13.2 Å². The molecule has 0 bridgehead atoms. The molecule has 0 aliphatic carbocycles. The maximum atomic E-state index is 11.1. The summed E-state index contributed by atoms with van der Waals surface area (Å²) < 4.78 is 14.2. The van der Waals surface area contributed by atoms with E-state index in [9.17, 15) is 9.59 Å². The van der Waals surface area contributed by atoms with Gasteiger partial charge in [-0.15, -0.1) is 0 Å². The van der Waals surface area contributed by atoms with Crippen molar-refractivity contribution in [3.8, 4) is 0 Å². The van der Waals surface area contributed by atoms with Gasteiger partial charge in [0.25, 0.3) is 0 Å². The van der Waals surface area contributed by atoms with Crippen molar-refractivity contribution in [1.29, 1.82) is 0 Å². The summed E-state index contributed by atoms with van der Waals surface area (Å²) in [6.45, 7) is 7.92. The molecule has 0 rings (SSSR count). The second-order valence-electron chi connectivity index (χ2n) is 2.53. The van der Waals surface area contributed by atoms with Gasteiger partial charge in [0.2, 0.25) is 0 Å². The maximum Gasteiger partial charge on any atom is 0.345 e. The smallest absolute Gasteiger partial charge is 0.345 e. The van der Waals surface area contributed by atoms with Crippen LogP contribution in [0.25, 0.3) is 0 Å². The summed E-state index contributed by atoms with van der Waals surface area (Å²) in [5, 5.41) is 0. The van der Waals surface area contributed by atoms with Crippen LogP contribution < -0.4 is 0 Å². The van der Waals surface area contributed by atoms with Crippen LogP contribution in [0.5, 0.6) is 0 Å². The van der Waals surface area contributed by atoms with E-state index in [4.69, 9.17) is 9.47 Å². The average Bonchev–Trinajstić information content (AvgIpc) is 2.23. The molecule has 0 aliphatic heterocycles. The van der Waals surface area contributed by atoms with Crippen LogP contribution in [0.4, 0.5) is 0 Å². The summed E-state index contributed by atoms with van der Waals surface area (Å²) in [5.41, 5.74) is -0.298. The van der Waals surface area contributed by atoms with E-state index in [0.717, 1.165) is 0 Å². The van der Waals surface area contributed by atoms with Crippen LogP contribution in [-0.2, 0) is 23.8 Å².